The maximum atomic E-state index is 11.8. The lowest BCUT2D eigenvalue weighted by Crippen LogP contribution is -2.13. The molecule has 0 aromatic carbocycles. The predicted octanol–water partition coefficient (Wildman–Crippen LogP) is 2.74. The molecule has 0 radical (unpaired) electrons. The maximum absolute atomic E-state index is 11.8. The molecule has 1 heterocycles. The molecule has 1 aromatic heterocycles. The van der Waals surface area contributed by atoms with Crippen LogP contribution in [0, 0.1) is 0 Å². The lowest BCUT2D eigenvalue weighted by atomic mass is 10.2. The largest absolute Gasteiger partial charge is 0.459 e. The van der Waals surface area contributed by atoms with Crippen molar-refractivity contribution in [1.82, 2.24) is 0 Å². The highest BCUT2D eigenvalue weighted by Crippen LogP contribution is 2.21. The minimum absolute atomic E-state index is 0.0160. The van der Waals surface area contributed by atoms with Gasteiger partial charge in [0.15, 0.2) is 0 Å². The van der Waals surface area contributed by atoms with E-state index in [2.05, 4.69) is 4.74 Å². The summed E-state index contributed by atoms with van der Waals surface area (Å²) in [4.78, 5) is 22.2. The molecule has 0 saturated carbocycles. The van der Waals surface area contributed by atoms with Crippen LogP contribution in [0.5, 0.6) is 0 Å². The molecule has 1 aromatic rings. The van der Waals surface area contributed by atoms with E-state index in [-0.39, 0.29) is 18.8 Å². The fourth-order valence-electron chi connectivity index (χ4n) is 1.13. The number of hydrogen-bond donors (Lipinski definition) is 0. The Morgan fingerprint density at radius 2 is 2.00 bits per heavy atom. The molecule has 7 heteroatoms. The van der Waals surface area contributed by atoms with Crippen molar-refractivity contribution >= 4 is 11.8 Å². The number of halogens is 3. The fraction of sp³-hybridized carbons (Fsp3) is 0.455. The van der Waals surface area contributed by atoms with Crippen molar-refractivity contribution < 1.29 is 31.9 Å². The van der Waals surface area contributed by atoms with Gasteiger partial charge in [-0.25, -0.2) is 4.79 Å². The number of carbonyl (C=O) groups excluding carboxylic acids is 2. The van der Waals surface area contributed by atoms with Gasteiger partial charge in [-0.1, -0.05) is 0 Å². The Labute approximate surface area is 101 Å². The van der Waals surface area contributed by atoms with Crippen LogP contribution in [0.15, 0.2) is 22.8 Å². The molecule has 0 spiro atoms. The molecule has 0 atom stereocenters. The summed E-state index contributed by atoms with van der Waals surface area (Å²) >= 11 is 0. The third-order valence-corrected chi connectivity index (χ3v) is 2.02. The lowest BCUT2D eigenvalue weighted by molar-refractivity contribution is -0.143. The first-order valence-electron chi connectivity index (χ1n) is 5.17. The number of ether oxygens (including phenoxy) is 1. The summed E-state index contributed by atoms with van der Waals surface area (Å²) in [5.41, 5.74) is 0. The maximum Gasteiger partial charge on any atom is 0.389 e. The number of alkyl halides is 3. The summed E-state index contributed by atoms with van der Waals surface area (Å²) in [5.74, 6) is -1.36. The van der Waals surface area contributed by atoms with Gasteiger partial charge >= 0.3 is 12.1 Å². The second kappa shape index (κ2) is 6.23. The van der Waals surface area contributed by atoms with Gasteiger partial charge in [0.2, 0.25) is 5.76 Å². The summed E-state index contributed by atoms with van der Waals surface area (Å²) in [6, 6.07) is 2.87. The van der Waals surface area contributed by atoms with Gasteiger partial charge in [-0.15, -0.1) is 0 Å². The predicted molar refractivity (Wildman–Crippen MR) is 53.9 cm³/mol. The smallest absolute Gasteiger partial charge is 0.389 e. The average molecular weight is 264 g/mol. The molecule has 18 heavy (non-hydrogen) atoms. The van der Waals surface area contributed by atoms with Crippen LogP contribution in [-0.4, -0.2) is 24.5 Å². The monoisotopic (exact) mass is 264 g/mol. The van der Waals surface area contributed by atoms with Crippen LogP contribution in [0.4, 0.5) is 13.2 Å². The fourth-order valence-corrected chi connectivity index (χ4v) is 1.13. The summed E-state index contributed by atoms with van der Waals surface area (Å²) in [6.07, 6.45) is -5.05. The van der Waals surface area contributed by atoms with Crippen molar-refractivity contribution in [1.29, 1.82) is 0 Å². The second-order valence-electron chi connectivity index (χ2n) is 3.52. The Balaban J connectivity index is 2.18. The first-order chi connectivity index (χ1) is 8.38. The molecule has 0 aliphatic rings. The van der Waals surface area contributed by atoms with Gasteiger partial charge in [0.1, 0.15) is 5.78 Å². The first kappa shape index (κ1) is 14.3. The summed E-state index contributed by atoms with van der Waals surface area (Å²) in [5, 5.41) is 0. The molecule has 0 fully saturated rings. The van der Waals surface area contributed by atoms with Gasteiger partial charge in [0.25, 0.3) is 0 Å². The Hall–Kier alpha value is -1.79. The standard InChI is InChI=1S/C11H11F3O4/c12-11(13,14)5-3-8(15)4-7-18-10(16)9-2-1-6-17-9/h1-2,6H,3-5,7H2. The Morgan fingerprint density at radius 1 is 1.28 bits per heavy atom. The summed E-state index contributed by atoms with van der Waals surface area (Å²) < 4.78 is 44.8. The van der Waals surface area contributed by atoms with E-state index in [0.29, 0.717) is 0 Å². The van der Waals surface area contributed by atoms with E-state index in [1.54, 1.807) is 0 Å². The van der Waals surface area contributed by atoms with Gasteiger partial charge in [-0.2, -0.15) is 13.2 Å². The molecule has 0 N–H and O–H groups in total. The van der Waals surface area contributed by atoms with Crippen LogP contribution >= 0.6 is 0 Å². The van der Waals surface area contributed by atoms with E-state index in [1.807, 2.05) is 0 Å². The van der Waals surface area contributed by atoms with Gasteiger partial charge in [0.05, 0.1) is 19.3 Å². The number of rotatable bonds is 6. The van der Waals surface area contributed by atoms with Gasteiger partial charge in [-0.05, 0) is 12.1 Å². The quantitative estimate of drug-likeness (QED) is 0.741. The Kier molecular flexibility index (Phi) is 4.94. The molecule has 1 rings (SSSR count). The van der Waals surface area contributed by atoms with E-state index < -0.39 is 30.8 Å². The van der Waals surface area contributed by atoms with E-state index in [1.165, 1.54) is 18.4 Å². The van der Waals surface area contributed by atoms with Crippen molar-refractivity contribution in [3.63, 3.8) is 0 Å². The minimum Gasteiger partial charge on any atom is -0.459 e. The summed E-state index contributed by atoms with van der Waals surface area (Å²) in [6.45, 7) is -0.254. The van der Waals surface area contributed by atoms with Gasteiger partial charge in [0, 0.05) is 12.8 Å². The molecule has 0 unspecified atom stereocenters. The molecular weight excluding hydrogens is 253 g/mol. The average Bonchev–Trinajstić information content (AvgIpc) is 2.78. The zero-order chi connectivity index (χ0) is 13.6. The number of furan rings is 1. The van der Waals surface area contributed by atoms with E-state index in [0.717, 1.165) is 0 Å². The third kappa shape index (κ3) is 5.51. The number of esters is 1. The van der Waals surface area contributed by atoms with Crippen LogP contribution in [0.3, 0.4) is 0 Å². The molecule has 0 bridgehead atoms. The highest BCUT2D eigenvalue weighted by molar-refractivity contribution is 5.86. The topological polar surface area (TPSA) is 56.5 Å². The van der Waals surface area contributed by atoms with E-state index in [9.17, 15) is 22.8 Å². The summed E-state index contributed by atoms with van der Waals surface area (Å²) in [7, 11) is 0. The van der Waals surface area contributed by atoms with Crippen LogP contribution in [0.25, 0.3) is 0 Å². The third-order valence-electron chi connectivity index (χ3n) is 2.02. The highest BCUT2D eigenvalue weighted by atomic mass is 19.4. The zero-order valence-corrected chi connectivity index (χ0v) is 9.33. The Morgan fingerprint density at radius 3 is 2.56 bits per heavy atom. The van der Waals surface area contributed by atoms with Crippen LogP contribution in [0.2, 0.25) is 0 Å². The Bertz CT molecular complexity index is 395. The minimum atomic E-state index is -4.35. The number of hydrogen-bond acceptors (Lipinski definition) is 4. The second-order valence-corrected chi connectivity index (χ2v) is 3.52. The molecule has 100 valence electrons. The van der Waals surface area contributed by atoms with E-state index in [4.69, 9.17) is 4.42 Å². The SMILES string of the molecule is O=C(CCOC(=O)c1ccco1)CCC(F)(F)F. The molecular formula is C11H11F3O4. The van der Waals surface area contributed by atoms with Crippen LogP contribution in [-0.2, 0) is 9.53 Å². The van der Waals surface area contributed by atoms with Gasteiger partial charge in [-0.3, -0.25) is 4.79 Å². The van der Waals surface area contributed by atoms with Crippen molar-refractivity contribution in [3.05, 3.63) is 24.2 Å². The molecule has 4 nitrogen and oxygen atoms in total. The number of ketones is 1. The highest BCUT2D eigenvalue weighted by Gasteiger charge is 2.27. The molecule has 0 amide bonds. The normalized spacial score (nSPS) is 11.3. The number of Topliss-reactive ketones (excluding diaryl/α,β-unsaturated/α-hetero) is 1. The first-order valence-corrected chi connectivity index (χ1v) is 5.17. The van der Waals surface area contributed by atoms with Crippen molar-refractivity contribution in [2.45, 2.75) is 25.4 Å². The van der Waals surface area contributed by atoms with Gasteiger partial charge < -0.3 is 9.15 Å². The van der Waals surface area contributed by atoms with Crippen molar-refractivity contribution in [3.8, 4) is 0 Å². The van der Waals surface area contributed by atoms with Crippen molar-refractivity contribution in [2.75, 3.05) is 6.61 Å². The molecule has 0 aliphatic carbocycles. The zero-order valence-electron chi connectivity index (χ0n) is 9.33. The van der Waals surface area contributed by atoms with E-state index >= 15 is 0 Å². The number of carbonyl (C=O) groups is 2. The van der Waals surface area contributed by atoms with Crippen molar-refractivity contribution in [2.24, 2.45) is 0 Å². The molecule has 0 saturated heterocycles. The van der Waals surface area contributed by atoms with Crippen LogP contribution < -0.4 is 0 Å². The lowest BCUT2D eigenvalue weighted by Gasteiger charge is -2.05. The van der Waals surface area contributed by atoms with Crippen LogP contribution in [0.1, 0.15) is 29.8 Å². The molecule has 0 aliphatic heterocycles.